The van der Waals surface area contributed by atoms with E-state index in [9.17, 15) is 24.3 Å². The molecule has 0 bridgehead atoms. The molecule has 2 heterocycles. The molecule has 0 spiro atoms. The van der Waals surface area contributed by atoms with E-state index in [0.717, 1.165) is 31.4 Å². The second-order valence-electron chi connectivity index (χ2n) is 14.0. The van der Waals surface area contributed by atoms with Crippen molar-refractivity contribution >= 4 is 35.0 Å². The standard InChI is InChI=1S/C37H57N5O6S/c1-8-25(5)33(41-35(46)31-16-12-13-17-42(31)7)36(47)39-29(23(2)3)20-32(48-26(6)44)37-40-30(22-49-37)34(45)38-28(18-24(4)21-43)19-27-14-10-9-11-15-27/h9-11,14-15,22-25,28-29,31-33,43H,8,12-13,16-21H2,1-7H3,(H,38,45)(H,39,47)(H,41,46)/t24-,25-,28+,29+,31?,32+,33?/m0/s1. The SMILES string of the molecule is CC[C@H](C)C(NC(=O)C1CCCCN1C)C(=O)N[C@H](C[C@@H](OC(C)=O)c1nc(C(=O)N[C@@H](Cc2ccccc2)C[C@H](C)CO)cs1)C(C)C. The van der Waals surface area contributed by atoms with Crippen molar-refractivity contribution in [3.8, 4) is 0 Å². The number of piperidine rings is 1. The van der Waals surface area contributed by atoms with Gasteiger partial charge in [-0.2, -0.15) is 0 Å². The predicted molar refractivity (Wildman–Crippen MR) is 192 cm³/mol. The Morgan fingerprint density at radius 2 is 1.76 bits per heavy atom. The number of amides is 3. The molecule has 1 saturated heterocycles. The van der Waals surface area contributed by atoms with Crippen molar-refractivity contribution < 1.29 is 29.0 Å². The highest BCUT2D eigenvalue weighted by Gasteiger charge is 2.34. The van der Waals surface area contributed by atoms with Gasteiger partial charge in [0.2, 0.25) is 11.8 Å². The number of likely N-dealkylation sites (N-methyl/N-ethyl adjacent to an activating group) is 1. The van der Waals surface area contributed by atoms with Crippen molar-refractivity contribution in [3.05, 3.63) is 52.0 Å². The molecule has 272 valence electrons. The van der Waals surface area contributed by atoms with Crippen molar-refractivity contribution in [3.63, 3.8) is 0 Å². The zero-order chi connectivity index (χ0) is 36.1. The summed E-state index contributed by atoms with van der Waals surface area (Å²) in [6.45, 7) is 12.0. The molecule has 0 saturated carbocycles. The summed E-state index contributed by atoms with van der Waals surface area (Å²) in [5.74, 6) is -1.38. The first-order chi connectivity index (χ1) is 23.3. The van der Waals surface area contributed by atoms with E-state index in [0.29, 0.717) is 24.3 Å². The summed E-state index contributed by atoms with van der Waals surface area (Å²) in [7, 11) is 1.94. The molecule has 49 heavy (non-hydrogen) atoms. The highest BCUT2D eigenvalue weighted by Crippen LogP contribution is 2.29. The van der Waals surface area contributed by atoms with Crippen LogP contribution >= 0.6 is 11.3 Å². The number of aliphatic hydroxyl groups excluding tert-OH is 1. The van der Waals surface area contributed by atoms with Crippen molar-refractivity contribution in [2.45, 2.75) is 117 Å². The molecule has 11 nitrogen and oxygen atoms in total. The molecule has 3 amide bonds. The molecule has 4 N–H and O–H groups in total. The maximum absolute atomic E-state index is 13.8. The van der Waals surface area contributed by atoms with Gasteiger partial charge in [-0.05, 0) is 62.6 Å². The van der Waals surface area contributed by atoms with E-state index >= 15 is 0 Å². The quantitative estimate of drug-likeness (QED) is 0.164. The molecule has 7 atom stereocenters. The van der Waals surface area contributed by atoms with Crippen molar-refractivity contribution in [1.82, 2.24) is 25.8 Å². The fourth-order valence-electron chi connectivity index (χ4n) is 6.21. The third-order valence-corrected chi connectivity index (χ3v) is 10.4. The van der Waals surface area contributed by atoms with Crippen LogP contribution in [0, 0.1) is 17.8 Å². The number of aliphatic hydroxyl groups is 1. The minimum atomic E-state index is -0.793. The highest BCUT2D eigenvalue weighted by atomic mass is 32.1. The molecule has 3 rings (SSSR count). The molecule has 1 aromatic heterocycles. The van der Waals surface area contributed by atoms with E-state index in [4.69, 9.17) is 4.74 Å². The molecule has 0 radical (unpaired) electrons. The summed E-state index contributed by atoms with van der Waals surface area (Å²) >= 11 is 1.23. The van der Waals surface area contributed by atoms with Crippen LogP contribution in [0.25, 0.3) is 0 Å². The Bertz CT molecular complexity index is 1350. The summed E-state index contributed by atoms with van der Waals surface area (Å²) in [6, 6.07) is 8.26. The Hall–Kier alpha value is -3.35. The van der Waals surface area contributed by atoms with Crippen molar-refractivity contribution in [2.75, 3.05) is 20.2 Å². The smallest absolute Gasteiger partial charge is 0.303 e. The average Bonchev–Trinajstić information content (AvgIpc) is 3.57. The van der Waals surface area contributed by atoms with Gasteiger partial charge in [0.25, 0.3) is 5.91 Å². The van der Waals surface area contributed by atoms with E-state index < -0.39 is 24.2 Å². The molecule has 1 fully saturated rings. The number of nitrogens with one attached hydrogen (secondary N) is 3. The van der Waals surface area contributed by atoms with Gasteiger partial charge in [-0.3, -0.25) is 24.1 Å². The van der Waals surface area contributed by atoms with Crippen molar-refractivity contribution in [1.29, 1.82) is 0 Å². The van der Waals surface area contributed by atoms with E-state index in [1.807, 2.05) is 76.9 Å². The first-order valence-corrected chi connectivity index (χ1v) is 18.6. The number of aromatic nitrogens is 1. The van der Waals surface area contributed by atoms with Crippen LogP contribution in [0.5, 0.6) is 0 Å². The first kappa shape index (κ1) is 40.1. The Labute approximate surface area is 296 Å². The van der Waals surface area contributed by atoms with E-state index in [2.05, 4.69) is 20.9 Å². The lowest BCUT2D eigenvalue weighted by Crippen LogP contribution is -2.57. The van der Waals surface area contributed by atoms with Gasteiger partial charge in [0.05, 0.1) is 6.04 Å². The zero-order valence-electron chi connectivity index (χ0n) is 30.2. The minimum Gasteiger partial charge on any atom is -0.455 e. The van der Waals surface area contributed by atoms with E-state index in [1.54, 1.807) is 5.38 Å². The Morgan fingerprint density at radius 3 is 2.37 bits per heavy atom. The average molecular weight is 700 g/mol. The monoisotopic (exact) mass is 699 g/mol. The lowest BCUT2D eigenvalue weighted by atomic mass is 9.94. The maximum atomic E-state index is 13.8. The van der Waals surface area contributed by atoms with Gasteiger partial charge in [-0.1, -0.05) is 77.8 Å². The van der Waals surface area contributed by atoms with Gasteiger partial charge in [0.1, 0.15) is 16.7 Å². The molecule has 1 aromatic carbocycles. The number of benzene rings is 1. The number of ether oxygens (including phenoxy) is 1. The molecule has 2 unspecified atom stereocenters. The third kappa shape index (κ3) is 12.5. The van der Waals surface area contributed by atoms with Gasteiger partial charge >= 0.3 is 5.97 Å². The largest absolute Gasteiger partial charge is 0.455 e. The lowest BCUT2D eigenvalue weighted by molar-refractivity contribution is -0.147. The molecular formula is C37H57N5O6S. The van der Waals surface area contributed by atoms with E-state index in [1.165, 1.54) is 18.3 Å². The summed E-state index contributed by atoms with van der Waals surface area (Å²) in [6.07, 6.45) is 4.15. The number of carbonyl (C=O) groups is 4. The number of nitrogens with zero attached hydrogens (tertiary/aromatic N) is 2. The number of esters is 1. The van der Waals surface area contributed by atoms with Crippen LogP contribution in [-0.4, -0.2) is 83.0 Å². The summed E-state index contributed by atoms with van der Waals surface area (Å²) in [5.41, 5.74) is 1.29. The summed E-state index contributed by atoms with van der Waals surface area (Å²) < 4.78 is 5.73. The maximum Gasteiger partial charge on any atom is 0.303 e. The molecule has 2 aromatic rings. The number of hydrogen-bond donors (Lipinski definition) is 4. The van der Waals surface area contributed by atoms with Crippen molar-refractivity contribution in [2.24, 2.45) is 17.8 Å². The van der Waals surface area contributed by atoms with Gasteiger partial charge in [-0.15, -0.1) is 11.3 Å². The lowest BCUT2D eigenvalue weighted by Gasteiger charge is -2.34. The van der Waals surface area contributed by atoms with Gasteiger partial charge in [0, 0.05) is 37.4 Å². The first-order valence-electron chi connectivity index (χ1n) is 17.7. The molecule has 1 aliphatic rings. The van der Waals surface area contributed by atoms with E-state index in [-0.39, 0.29) is 66.3 Å². The van der Waals surface area contributed by atoms with Gasteiger partial charge in [0.15, 0.2) is 6.10 Å². The zero-order valence-corrected chi connectivity index (χ0v) is 31.1. The van der Waals surface area contributed by atoms with Crippen LogP contribution < -0.4 is 16.0 Å². The Balaban J connectivity index is 1.75. The van der Waals surface area contributed by atoms with Gasteiger partial charge in [-0.25, -0.2) is 4.98 Å². The Morgan fingerprint density at radius 1 is 1.04 bits per heavy atom. The fraction of sp³-hybridized carbons (Fsp3) is 0.649. The number of thiazole rings is 1. The predicted octanol–water partition coefficient (Wildman–Crippen LogP) is 4.65. The number of carbonyl (C=O) groups excluding carboxylic acids is 4. The van der Waals surface area contributed by atoms with Crippen LogP contribution in [0.3, 0.4) is 0 Å². The number of likely N-dealkylation sites (tertiary alicyclic amines) is 1. The third-order valence-electron chi connectivity index (χ3n) is 9.46. The highest BCUT2D eigenvalue weighted by molar-refractivity contribution is 7.09. The molecule has 1 aliphatic heterocycles. The van der Waals surface area contributed by atoms with Crippen LogP contribution in [0.1, 0.15) is 107 Å². The van der Waals surface area contributed by atoms with Crippen LogP contribution in [0.2, 0.25) is 0 Å². The minimum absolute atomic E-state index is 0.00152. The van der Waals surface area contributed by atoms with Crippen LogP contribution in [0.4, 0.5) is 0 Å². The molecular weight excluding hydrogens is 643 g/mol. The molecule has 12 heteroatoms. The number of rotatable bonds is 18. The van der Waals surface area contributed by atoms with Crippen LogP contribution in [0.15, 0.2) is 35.7 Å². The van der Waals surface area contributed by atoms with Crippen LogP contribution in [-0.2, 0) is 25.5 Å². The fourth-order valence-corrected chi connectivity index (χ4v) is 7.05. The topological polar surface area (TPSA) is 150 Å². The molecule has 0 aliphatic carbocycles. The number of hydrogen-bond acceptors (Lipinski definition) is 9. The second kappa shape index (κ2) is 19.7. The normalized spacial score (nSPS) is 18.8. The Kier molecular flexibility index (Phi) is 16.1. The summed E-state index contributed by atoms with van der Waals surface area (Å²) in [5, 5.41) is 21.0. The summed E-state index contributed by atoms with van der Waals surface area (Å²) in [4.78, 5) is 59.4. The second-order valence-corrected chi connectivity index (χ2v) is 14.9. The van der Waals surface area contributed by atoms with Gasteiger partial charge < -0.3 is 25.8 Å².